The Bertz CT molecular complexity index is 222. The average molecular weight is 231 g/mol. The van der Waals surface area contributed by atoms with Gasteiger partial charge in [0, 0.05) is 26.7 Å². The van der Waals surface area contributed by atoms with Gasteiger partial charge in [-0.3, -0.25) is 9.69 Å². The maximum absolute atomic E-state index is 11.5. The number of aliphatic hydroxyl groups is 1. The van der Waals surface area contributed by atoms with Gasteiger partial charge in [0.2, 0.25) is 0 Å². The molecule has 1 heterocycles. The zero-order valence-electron chi connectivity index (χ0n) is 10.0. The van der Waals surface area contributed by atoms with E-state index in [0.29, 0.717) is 13.0 Å². The summed E-state index contributed by atoms with van der Waals surface area (Å²) in [7, 11) is 3.06. The van der Waals surface area contributed by atoms with Gasteiger partial charge in [0.25, 0.3) is 0 Å². The lowest BCUT2D eigenvalue weighted by Gasteiger charge is -2.21. The molecule has 0 aromatic heterocycles. The first kappa shape index (κ1) is 13.4. The lowest BCUT2D eigenvalue weighted by atomic mass is 10.2. The van der Waals surface area contributed by atoms with Crippen LogP contribution < -0.4 is 0 Å². The predicted molar refractivity (Wildman–Crippen MR) is 59.1 cm³/mol. The maximum atomic E-state index is 11.5. The van der Waals surface area contributed by atoms with Gasteiger partial charge in [-0.15, -0.1) is 0 Å². The molecule has 5 nitrogen and oxygen atoms in total. The van der Waals surface area contributed by atoms with Crippen molar-refractivity contribution in [3.63, 3.8) is 0 Å². The van der Waals surface area contributed by atoms with E-state index < -0.39 is 6.10 Å². The standard InChI is InChI=1S/C11H21NO4/c1-15-6-4-3-5-12-8-9(13)7-10(12)11(14)16-2/h9-10,13H,3-8H2,1-2H3. The van der Waals surface area contributed by atoms with Crippen molar-refractivity contribution in [1.29, 1.82) is 0 Å². The summed E-state index contributed by atoms with van der Waals surface area (Å²) in [5.74, 6) is -0.247. The summed E-state index contributed by atoms with van der Waals surface area (Å²) in [6, 6.07) is -0.275. The fourth-order valence-corrected chi connectivity index (χ4v) is 2.07. The number of esters is 1. The van der Waals surface area contributed by atoms with Gasteiger partial charge in [-0.25, -0.2) is 0 Å². The summed E-state index contributed by atoms with van der Waals surface area (Å²) in [6.45, 7) is 2.10. The van der Waals surface area contributed by atoms with Crippen molar-refractivity contribution < 1.29 is 19.4 Å². The second kappa shape index (κ2) is 6.83. The van der Waals surface area contributed by atoms with E-state index in [9.17, 15) is 9.90 Å². The van der Waals surface area contributed by atoms with Crippen molar-refractivity contribution in [2.45, 2.75) is 31.4 Å². The minimum absolute atomic E-state index is 0.247. The topological polar surface area (TPSA) is 59.0 Å². The van der Waals surface area contributed by atoms with Crippen LogP contribution in [-0.2, 0) is 14.3 Å². The normalized spacial score (nSPS) is 25.9. The van der Waals surface area contributed by atoms with Gasteiger partial charge in [-0.05, 0) is 19.4 Å². The number of ether oxygens (including phenoxy) is 2. The van der Waals surface area contributed by atoms with E-state index >= 15 is 0 Å². The van der Waals surface area contributed by atoms with E-state index in [1.54, 1.807) is 7.11 Å². The van der Waals surface area contributed by atoms with E-state index in [1.165, 1.54) is 7.11 Å². The number of hydrogen-bond acceptors (Lipinski definition) is 5. The summed E-state index contributed by atoms with van der Waals surface area (Å²) in [5.41, 5.74) is 0. The predicted octanol–water partition coefficient (Wildman–Crippen LogP) is 0.0212. The molecule has 0 aromatic carbocycles. The molecule has 1 aliphatic rings. The van der Waals surface area contributed by atoms with Crippen LogP contribution >= 0.6 is 0 Å². The Balaban J connectivity index is 2.34. The Kier molecular flexibility index (Phi) is 5.73. The first-order chi connectivity index (χ1) is 7.69. The molecule has 0 bridgehead atoms. The molecule has 1 aliphatic heterocycles. The van der Waals surface area contributed by atoms with Crippen molar-refractivity contribution in [3.05, 3.63) is 0 Å². The largest absolute Gasteiger partial charge is 0.468 e. The number of unbranched alkanes of at least 4 members (excludes halogenated alkanes) is 1. The van der Waals surface area contributed by atoms with E-state index in [2.05, 4.69) is 0 Å². The molecule has 1 N–H and O–H groups in total. The average Bonchev–Trinajstić information content (AvgIpc) is 2.65. The van der Waals surface area contributed by atoms with Crippen LogP contribution in [0.15, 0.2) is 0 Å². The zero-order chi connectivity index (χ0) is 12.0. The monoisotopic (exact) mass is 231 g/mol. The van der Waals surface area contributed by atoms with Crippen LogP contribution in [0.4, 0.5) is 0 Å². The third-order valence-electron chi connectivity index (χ3n) is 2.90. The molecule has 0 radical (unpaired) electrons. The third kappa shape index (κ3) is 3.73. The minimum Gasteiger partial charge on any atom is -0.468 e. The van der Waals surface area contributed by atoms with Gasteiger partial charge in [-0.2, -0.15) is 0 Å². The molecule has 0 aliphatic carbocycles. The number of nitrogens with zero attached hydrogens (tertiary/aromatic N) is 1. The van der Waals surface area contributed by atoms with Crippen molar-refractivity contribution in [2.24, 2.45) is 0 Å². The van der Waals surface area contributed by atoms with Crippen LogP contribution in [0.2, 0.25) is 0 Å². The summed E-state index contributed by atoms with van der Waals surface area (Å²) < 4.78 is 9.69. The van der Waals surface area contributed by atoms with E-state index in [1.807, 2.05) is 4.90 Å². The third-order valence-corrected chi connectivity index (χ3v) is 2.90. The molecule has 16 heavy (non-hydrogen) atoms. The molecule has 0 amide bonds. The molecule has 94 valence electrons. The van der Waals surface area contributed by atoms with Gasteiger partial charge in [0.1, 0.15) is 6.04 Å². The molecule has 1 fully saturated rings. The SMILES string of the molecule is COCCCCN1CC(O)CC1C(=O)OC. The summed E-state index contributed by atoms with van der Waals surface area (Å²) >= 11 is 0. The number of β-amino-alcohol motifs (C(OH)–C–C–N with tert-alkyl or cyclic N) is 1. The minimum atomic E-state index is -0.411. The molecule has 0 aromatic rings. The Morgan fingerprint density at radius 3 is 2.81 bits per heavy atom. The highest BCUT2D eigenvalue weighted by atomic mass is 16.5. The number of methoxy groups -OCH3 is 2. The highest BCUT2D eigenvalue weighted by Crippen LogP contribution is 2.19. The molecule has 0 saturated carbocycles. The molecular weight excluding hydrogens is 210 g/mol. The molecule has 0 spiro atoms. The first-order valence-corrected chi connectivity index (χ1v) is 5.68. The molecule has 2 atom stereocenters. The Labute approximate surface area is 96.3 Å². The van der Waals surface area contributed by atoms with Gasteiger partial charge in [0.15, 0.2) is 0 Å². The molecule has 2 unspecified atom stereocenters. The van der Waals surface area contributed by atoms with Crippen molar-refractivity contribution in [3.8, 4) is 0 Å². The highest BCUT2D eigenvalue weighted by Gasteiger charge is 2.36. The van der Waals surface area contributed by atoms with Gasteiger partial charge < -0.3 is 14.6 Å². The second-order valence-corrected chi connectivity index (χ2v) is 4.12. The van der Waals surface area contributed by atoms with Crippen LogP contribution in [0.5, 0.6) is 0 Å². The van der Waals surface area contributed by atoms with Crippen molar-refractivity contribution in [1.82, 2.24) is 4.90 Å². The fourth-order valence-electron chi connectivity index (χ4n) is 2.07. The number of rotatable bonds is 6. The smallest absolute Gasteiger partial charge is 0.323 e. The number of aliphatic hydroxyl groups excluding tert-OH is 1. The molecular formula is C11H21NO4. The van der Waals surface area contributed by atoms with Crippen molar-refractivity contribution in [2.75, 3.05) is 33.9 Å². The van der Waals surface area contributed by atoms with Gasteiger partial charge in [0.05, 0.1) is 13.2 Å². The first-order valence-electron chi connectivity index (χ1n) is 5.68. The summed E-state index contributed by atoms with van der Waals surface area (Å²) in [6.07, 6.45) is 2.01. The quantitative estimate of drug-likeness (QED) is 0.516. The van der Waals surface area contributed by atoms with E-state index in [0.717, 1.165) is 26.0 Å². The van der Waals surface area contributed by atoms with Crippen molar-refractivity contribution >= 4 is 5.97 Å². The number of likely N-dealkylation sites (tertiary alicyclic amines) is 1. The number of carbonyl (C=O) groups is 1. The van der Waals surface area contributed by atoms with Crippen LogP contribution in [0.3, 0.4) is 0 Å². The molecule has 1 rings (SSSR count). The second-order valence-electron chi connectivity index (χ2n) is 4.12. The van der Waals surface area contributed by atoms with Crippen LogP contribution in [0.1, 0.15) is 19.3 Å². The van der Waals surface area contributed by atoms with Gasteiger partial charge >= 0.3 is 5.97 Å². The lowest BCUT2D eigenvalue weighted by molar-refractivity contribution is -0.145. The van der Waals surface area contributed by atoms with E-state index in [-0.39, 0.29) is 12.0 Å². The fraction of sp³-hybridized carbons (Fsp3) is 0.909. The van der Waals surface area contributed by atoms with Crippen LogP contribution in [-0.4, -0.2) is 62.0 Å². The van der Waals surface area contributed by atoms with E-state index in [4.69, 9.17) is 9.47 Å². The Hall–Kier alpha value is -0.650. The molecule has 5 heteroatoms. The number of carbonyl (C=O) groups excluding carboxylic acids is 1. The van der Waals surface area contributed by atoms with Crippen LogP contribution in [0.25, 0.3) is 0 Å². The number of hydrogen-bond donors (Lipinski definition) is 1. The van der Waals surface area contributed by atoms with Crippen LogP contribution in [0, 0.1) is 0 Å². The Morgan fingerprint density at radius 2 is 2.19 bits per heavy atom. The summed E-state index contributed by atoms with van der Waals surface area (Å²) in [4.78, 5) is 13.5. The highest BCUT2D eigenvalue weighted by molar-refractivity contribution is 5.76. The molecule has 1 saturated heterocycles. The zero-order valence-corrected chi connectivity index (χ0v) is 10.0. The Morgan fingerprint density at radius 1 is 1.44 bits per heavy atom. The lowest BCUT2D eigenvalue weighted by Crippen LogP contribution is -2.37. The maximum Gasteiger partial charge on any atom is 0.323 e. The summed E-state index contributed by atoms with van der Waals surface area (Å²) in [5, 5.41) is 9.54. The van der Waals surface area contributed by atoms with Gasteiger partial charge in [-0.1, -0.05) is 0 Å².